The fourth-order valence-corrected chi connectivity index (χ4v) is 5.99. The number of rotatable bonds is 9. The average molecular weight is 400 g/mol. The van der Waals surface area contributed by atoms with Crippen molar-refractivity contribution < 1.29 is 14.9 Å². The first-order valence-corrected chi connectivity index (χ1v) is 11.3. The van der Waals surface area contributed by atoms with Crippen molar-refractivity contribution in [2.24, 2.45) is 16.7 Å². The number of hydrogen-bond donors (Lipinski definition) is 2. The van der Waals surface area contributed by atoms with E-state index in [0.717, 1.165) is 50.7 Å². The minimum Gasteiger partial charge on any atom is -0.478 e. The molecule has 0 aromatic heterocycles. The Morgan fingerprint density at radius 1 is 1.24 bits per heavy atom. The summed E-state index contributed by atoms with van der Waals surface area (Å²) in [6.45, 7) is 6.88. The van der Waals surface area contributed by atoms with Crippen LogP contribution in [-0.2, 0) is 12.8 Å². The highest BCUT2D eigenvalue weighted by Crippen LogP contribution is 2.63. The Morgan fingerprint density at radius 2 is 2.03 bits per heavy atom. The largest absolute Gasteiger partial charge is 0.478 e. The van der Waals surface area contributed by atoms with Gasteiger partial charge >= 0.3 is 0 Å². The highest BCUT2D eigenvalue weighted by Gasteiger charge is 2.60. The van der Waals surface area contributed by atoms with Crippen LogP contribution in [0.5, 0.6) is 5.75 Å². The number of nitriles is 1. The predicted octanol–water partition coefficient (Wildman–Crippen LogP) is 4.80. The second-order valence-electron chi connectivity index (χ2n) is 9.78. The molecule has 0 bridgehead atoms. The van der Waals surface area contributed by atoms with Crippen LogP contribution in [0.2, 0.25) is 0 Å². The number of aliphatic hydroxyl groups is 2. The van der Waals surface area contributed by atoms with Crippen molar-refractivity contribution in [1.29, 1.82) is 5.26 Å². The summed E-state index contributed by atoms with van der Waals surface area (Å²) in [7, 11) is 0. The van der Waals surface area contributed by atoms with E-state index in [4.69, 9.17) is 10.00 Å². The second-order valence-corrected chi connectivity index (χ2v) is 9.78. The molecule has 0 radical (unpaired) electrons. The van der Waals surface area contributed by atoms with Gasteiger partial charge in [-0.1, -0.05) is 52.2 Å². The van der Waals surface area contributed by atoms with Crippen molar-refractivity contribution in [2.45, 2.75) is 90.8 Å². The molecule has 2 aliphatic carbocycles. The first-order valence-electron chi connectivity index (χ1n) is 11.3. The summed E-state index contributed by atoms with van der Waals surface area (Å²) >= 11 is 0. The fourth-order valence-electron chi connectivity index (χ4n) is 5.99. The predicted molar refractivity (Wildman–Crippen MR) is 115 cm³/mol. The Balaban J connectivity index is 1.77. The molecule has 1 unspecified atom stereocenters. The van der Waals surface area contributed by atoms with Crippen LogP contribution in [0.15, 0.2) is 18.2 Å². The third-order valence-electron chi connectivity index (χ3n) is 7.92. The summed E-state index contributed by atoms with van der Waals surface area (Å²) in [5.74, 6) is 1.02. The van der Waals surface area contributed by atoms with Crippen molar-refractivity contribution in [2.75, 3.05) is 6.61 Å². The van der Waals surface area contributed by atoms with Crippen molar-refractivity contribution in [3.8, 4) is 11.8 Å². The van der Waals surface area contributed by atoms with Crippen LogP contribution in [0.25, 0.3) is 0 Å². The summed E-state index contributed by atoms with van der Waals surface area (Å²) in [6.07, 6.45) is 7.92. The van der Waals surface area contributed by atoms with E-state index in [1.165, 1.54) is 24.0 Å². The van der Waals surface area contributed by atoms with Crippen LogP contribution in [0.3, 0.4) is 0 Å². The van der Waals surface area contributed by atoms with Gasteiger partial charge in [-0.3, -0.25) is 0 Å². The molecule has 2 N–H and O–H groups in total. The van der Waals surface area contributed by atoms with Gasteiger partial charge in [0.15, 0.2) is 6.61 Å². The molecular formula is C25H37NO3. The maximum atomic E-state index is 11.0. The van der Waals surface area contributed by atoms with E-state index in [2.05, 4.69) is 32.9 Å². The normalized spacial score (nSPS) is 31.6. The molecule has 3 rings (SSSR count). The minimum atomic E-state index is -0.328. The Hall–Kier alpha value is -1.57. The van der Waals surface area contributed by atoms with Gasteiger partial charge in [-0.05, 0) is 72.5 Å². The van der Waals surface area contributed by atoms with Gasteiger partial charge in [-0.15, -0.1) is 0 Å². The standard InChI is InChI=1S/C25H37NO3/c1-4-5-6-9-19(27)11-12-21-22(28)17-24(2)16-20-18(15-25(21,24)3)8-7-10-23(20)29-14-13-26/h7-8,10,19,21-22,27-28H,4-6,9,11-12,14-17H2,1-3H3/t19-,21-,22+,24-,25?/m0/s1. The molecule has 0 amide bonds. The number of ether oxygens (including phenoxy) is 1. The molecule has 0 aliphatic heterocycles. The Kier molecular flexibility index (Phi) is 6.91. The lowest BCUT2D eigenvalue weighted by Crippen LogP contribution is -2.44. The maximum absolute atomic E-state index is 11.0. The lowest BCUT2D eigenvalue weighted by Gasteiger charge is -2.49. The third-order valence-corrected chi connectivity index (χ3v) is 7.92. The van der Waals surface area contributed by atoms with Gasteiger partial charge in [0, 0.05) is 0 Å². The van der Waals surface area contributed by atoms with Crippen LogP contribution < -0.4 is 4.74 Å². The van der Waals surface area contributed by atoms with E-state index in [1.54, 1.807) is 0 Å². The van der Waals surface area contributed by atoms with E-state index >= 15 is 0 Å². The molecule has 1 aromatic carbocycles. The molecule has 4 heteroatoms. The molecule has 29 heavy (non-hydrogen) atoms. The fraction of sp³-hybridized carbons (Fsp3) is 0.720. The molecule has 0 heterocycles. The number of hydrogen-bond acceptors (Lipinski definition) is 4. The van der Waals surface area contributed by atoms with Gasteiger partial charge in [-0.2, -0.15) is 5.26 Å². The lowest BCUT2D eigenvalue weighted by molar-refractivity contribution is 0.0235. The molecule has 2 aliphatic rings. The average Bonchev–Trinajstić information content (AvgIpc) is 2.87. The van der Waals surface area contributed by atoms with E-state index in [0.29, 0.717) is 0 Å². The quantitative estimate of drug-likeness (QED) is 0.585. The number of nitrogens with zero attached hydrogens (tertiary/aromatic N) is 1. The smallest absolute Gasteiger partial charge is 0.174 e. The first-order chi connectivity index (χ1) is 13.8. The van der Waals surface area contributed by atoms with Crippen molar-refractivity contribution in [1.82, 2.24) is 0 Å². The van der Waals surface area contributed by atoms with Crippen molar-refractivity contribution >= 4 is 0 Å². The van der Waals surface area contributed by atoms with Crippen LogP contribution >= 0.6 is 0 Å². The Bertz CT molecular complexity index is 742. The maximum Gasteiger partial charge on any atom is 0.174 e. The van der Waals surface area contributed by atoms with Crippen LogP contribution in [0.1, 0.15) is 76.8 Å². The molecular weight excluding hydrogens is 362 g/mol. The van der Waals surface area contributed by atoms with E-state index < -0.39 is 0 Å². The van der Waals surface area contributed by atoms with Gasteiger partial charge in [0.05, 0.1) is 12.2 Å². The Morgan fingerprint density at radius 3 is 2.76 bits per heavy atom. The number of fused-ring (bicyclic) bond motifs is 2. The monoisotopic (exact) mass is 399 g/mol. The minimum absolute atomic E-state index is 0.00356. The number of aliphatic hydroxyl groups excluding tert-OH is 2. The second kappa shape index (κ2) is 9.06. The first kappa shape index (κ1) is 22.1. The lowest BCUT2D eigenvalue weighted by atomic mass is 9.55. The van der Waals surface area contributed by atoms with Crippen molar-refractivity contribution in [3.63, 3.8) is 0 Å². The highest BCUT2D eigenvalue weighted by molar-refractivity contribution is 5.45. The molecule has 0 saturated heterocycles. The summed E-state index contributed by atoms with van der Waals surface area (Å²) in [5.41, 5.74) is 2.47. The third kappa shape index (κ3) is 4.32. The van der Waals surface area contributed by atoms with Gasteiger partial charge in [0.1, 0.15) is 11.8 Å². The van der Waals surface area contributed by atoms with Gasteiger partial charge in [-0.25, -0.2) is 0 Å². The van der Waals surface area contributed by atoms with Crippen LogP contribution in [-0.4, -0.2) is 29.0 Å². The Labute approximate surface area is 175 Å². The summed E-state index contributed by atoms with van der Waals surface area (Å²) in [5, 5.41) is 30.3. The SMILES string of the molecule is CCCCC[C@H](O)CC[C@H]1[C@H](O)C[C@]2(C)Cc3c(cccc3OCC#N)CC12C. The zero-order chi connectivity index (χ0) is 21.1. The number of benzene rings is 1. The highest BCUT2D eigenvalue weighted by atomic mass is 16.5. The van der Waals surface area contributed by atoms with Crippen LogP contribution in [0, 0.1) is 28.1 Å². The summed E-state index contributed by atoms with van der Waals surface area (Å²) in [4.78, 5) is 0. The molecule has 1 fully saturated rings. The zero-order valence-corrected chi connectivity index (χ0v) is 18.3. The van der Waals surface area contributed by atoms with E-state index in [-0.39, 0.29) is 35.6 Å². The van der Waals surface area contributed by atoms with Gasteiger partial charge in [0.2, 0.25) is 0 Å². The molecule has 160 valence electrons. The molecule has 1 aromatic rings. The molecule has 1 saturated carbocycles. The summed E-state index contributed by atoms with van der Waals surface area (Å²) in [6, 6.07) is 8.19. The topological polar surface area (TPSA) is 73.5 Å². The van der Waals surface area contributed by atoms with Crippen molar-refractivity contribution in [3.05, 3.63) is 29.3 Å². The van der Waals surface area contributed by atoms with Crippen LogP contribution in [0.4, 0.5) is 0 Å². The van der Waals surface area contributed by atoms with Gasteiger partial charge < -0.3 is 14.9 Å². The molecule has 0 spiro atoms. The number of unbranched alkanes of at least 4 members (excludes halogenated alkanes) is 2. The summed E-state index contributed by atoms with van der Waals surface area (Å²) < 4.78 is 5.70. The van der Waals surface area contributed by atoms with E-state index in [1.807, 2.05) is 12.1 Å². The zero-order valence-electron chi connectivity index (χ0n) is 18.3. The van der Waals surface area contributed by atoms with E-state index in [9.17, 15) is 10.2 Å². The van der Waals surface area contributed by atoms with Gasteiger partial charge in [0.25, 0.3) is 0 Å². The molecule has 4 nitrogen and oxygen atoms in total. The molecule has 5 atom stereocenters.